The van der Waals surface area contributed by atoms with Gasteiger partial charge in [0.25, 0.3) is 0 Å². The number of pyridine rings is 1. The monoisotopic (exact) mass is 221 g/mol. The number of oxime groups is 1. The first kappa shape index (κ1) is 12.5. The molecule has 0 saturated heterocycles. The van der Waals surface area contributed by atoms with Crippen molar-refractivity contribution < 1.29 is 4.84 Å². The summed E-state index contributed by atoms with van der Waals surface area (Å²) in [5.74, 6) is 1.22. The van der Waals surface area contributed by atoms with Crippen molar-refractivity contribution in [1.82, 2.24) is 4.98 Å². The molecule has 2 N–H and O–H groups in total. The summed E-state index contributed by atoms with van der Waals surface area (Å²) in [6.07, 6.45) is 3.32. The van der Waals surface area contributed by atoms with Crippen LogP contribution >= 0.6 is 0 Å². The number of hydrogen-bond donors (Lipinski definition) is 1. The van der Waals surface area contributed by atoms with Crippen molar-refractivity contribution in [3.05, 3.63) is 23.9 Å². The predicted molar refractivity (Wildman–Crippen MR) is 66.3 cm³/mol. The van der Waals surface area contributed by atoms with Gasteiger partial charge in [-0.3, -0.25) is 0 Å². The van der Waals surface area contributed by atoms with E-state index in [0.29, 0.717) is 18.3 Å². The molecule has 1 heterocycles. The van der Waals surface area contributed by atoms with E-state index < -0.39 is 0 Å². The van der Waals surface area contributed by atoms with Crippen molar-refractivity contribution >= 4 is 12.0 Å². The lowest BCUT2D eigenvalue weighted by Crippen LogP contribution is -2.15. The topological polar surface area (TPSA) is 60.5 Å². The molecule has 0 unspecified atom stereocenters. The number of nitrogens with zero attached hydrogens (tertiary/aromatic N) is 2. The van der Waals surface area contributed by atoms with Crippen LogP contribution in [-0.2, 0) is 4.84 Å². The first-order valence-corrected chi connectivity index (χ1v) is 5.47. The third kappa shape index (κ3) is 3.22. The highest BCUT2D eigenvalue weighted by Gasteiger charge is 2.19. The van der Waals surface area contributed by atoms with Crippen LogP contribution in [0.3, 0.4) is 0 Å². The summed E-state index contributed by atoms with van der Waals surface area (Å²) < 4.78 is 0. The van der Waals surface area contributed by atoms with E-state index in [0.717, 1.165) is 5.56 Å². The van der Waals surface area contributed by atoms with E-state index in [4.69, 9.17) is 10.6 Å². The van der Waals surface area contributed by atoms with E-state index in [9.17, 15) is 0 Å². The number of anilines is 1. The fourth-order valence-electron chi connectivity index (χ4n) is 1.58. The summed E-state index contributed by atoms with van der Waals surface area (Å²) in [5.41, 5.74) is 6.89. The normalized spacial score (nSPS) is 13.2. The Bertz CT molecular complexity index is 350. The van der Waals surface area contributed by atoms with Gasteiger partial charge >= 0.3 is 0 Å². The van der Waals surface area contributed by atoms with Gasteiger partial charge in [-0.05, 0) is 18.9 Å². The van der Waals surface area contributed by atoms with Gasteiger partial charge in [0, 0.05) is 23.9 Å². The van der Waals surface area contributed by atoms with Gasteiger partial charge in [0.05, 0.1) is 0 Å². The second kappa shape index (κ2) is 6.10. The van der Waals surface area contributed by atoms with Crippen molar-refractivity contribution in [1.29, 1.82) is 0 Å². The van der Waals surface area contributed by atoms with Crippen LogP contribution in [0.25, 0.3) is 0 Å². The maximum atomic E-state index is 5.86. The van der Waals surface area contributed by atoms with Crippen LogP contribution in [-0.4, -0.2) is 17.8 Å². The number of nitrogens with two attached hydrogens (primary N) is 1. The van der Waals surface area contributed by atoms with Gasteiger partial charge in [0.1, 0.15) is 12.4 Å². The predicted octanol–water partition coefficient (Wildman–Crippen LogP) is 2.43. The lowest BCUT2D eigenvalue weighted by atomic mass is 9.89. The maximum Gasteiger partial charge on any atom is 0.126 e. The molecule has 0 spiro atoms. The molecule has 88 valence electrons. The largest absolute Gasteiger partial charge is 0.395 e. The molecular weight excluding hydrogens is 202 g/mol. The molecule has 4 heteroatoms. The fourth-order valence-corrected chi connectivity index (χ4v) is 1.58. The van der Waals surface area contributed by atoms with Crippen LogP contribution in [0.5, 0.6) is 0 Å². The summed E-state index contributed by atoms with van der Waals surface area (Å²) in [6.45, 7) is 6.62. The minimum atomic E-state index is 0.220. The first-order valence-electron chi connectivity index (χ1n) is 5.47. The molecule has 1 aromatic heterocycles. The Kier molecular flexibility index (Phi) is 4.76. The molecule has 0 fully saturated rings. The van der Waals surface area contributed by atoms with Crippen molar-refractivity contribution in [2.45, 2.75) is 26.7 Å². The summed E-state index contributed by atoms with van der Waals surface area (Å²) in [4.78, 5) is 9.30. The number of hydrogen-bond acceptors (Lipinski definition) is 4. The van der Waals surface area contributed by atoms with Crippen molar-refractivity contribution in [3.63, 3.8) is 0 Å². The molecule has 4 nitrogen and oxygen atoms in total. The van der Waals surface area contributed by atoms with Gasteiger partial charge < -0.3 is 10.6 Å². The summed E-state index contributed by atoms with van der Waals surface area (Å²) in [6, 6.07) is 3.89. The Labute approximate surface area is 96.5 Å². The van der Waals surface area contributed by atoms with Crippen molar-refractivity contribution in [2.75, 3.05) is 12.3 Å². The summed E-state index contributed by atoms with van der Waals surface area (Å²) in [7, 11) is 0. The van der Waals surface area contributed by atoms with Crippen molar-refractivity contribution in [2.24, 2.45) is 11.1 Å². The smallest absolute Gasteiger partial charge is 0.126 e. The Morgan fingerprint density at radius 1 is 1.56 bits per heavy atom. The van der Waals surface area contributed by atoms with E-state index in [2.05, 4.69) is 24.0 Å². The third-order valence-electron chi connectivity index (χ3n) is 2.51. The Morgan fingerprint density at radius 2 is 2.31 bits per heavy atom. The van der Waals surface area contributed by atoms with Gasteiger partial charge in [-0.2, -0.15) is 0 Å². The van der Waals surface area contributed by atoms with Crippen LogP contribution < -0.4 is 5.73 Å². The quantitative estimate of drug-likeness (QED) is 0.613. The molecule has 0 radical (unpaired) electrons. The molecular formula is C12H19N3O. The highest BCUT2D eigenvalue weighted by atomic mass is 16.6. The molecule has 0 aliphatic rings. The SMILES string of the molecule is C/C=N/OC[C@H](c1cccnc1N)C(C)C. The van der Waals surface area contributed by atoms with Gasteiger partial charge in [0.15, 0.2) is 0 Å². The number of aromatic nitrogens is 1. The van der Waals surface area contributed by atoms with Gasteiger partial charge in [-0.15, -0.1) is 0 Å². The molecule has 0 saturated carbocycles. The zero-order valence-corrected chi connectivity index (χ0v) is 10.1. The zero-order chi connectivity index (χ0) is 12.0. The van der Waals surface area contributed by atoms with Crippen LogP contribution in [0.1, 0.15) is 32.3 Å². The standard InChI is InChI=1S/C12H19N3O/c1-4-15-16-8-11(9(2)3)10-6-5-7-14-12(10)13/h4-7,9,11H,8H2,1-3H3,(H2,13,14)/b15-4+/t11-/m0/s1. The number of rotatable bonds is 5. The van der Waals surface area contributed by atoms with Gasteiger partial charge in [-0.1, -0.05) is 25.1 Å². The van der Waals surface area contributed by atoms with Crippen LogP contribution in [0.4, 0.5) is 5.82 Å². The van der Waals surface area contributed by atoms with Crippen LogP contribution in [0.15, 0.2) is 23.5 Å². The third-order valence-corrected chi connectivity index (χ3v) is 2.51. The van der Waals surface area contributed by atoms with E-state index in [1.807, 2.05) is 19.1 Å². The first-order chi connectivity index (χ1) is 7.66. The Hall–Kier alpha value is -1.58. The Balaban J connectivity index is 2.81. The van der Waals surface area contributed by atoms with Crippen LogP contribution in [0.2, 0.25) is 0 Å². The van der Waals surface area contributed by atoms with E-state index in [1.165, 1.54) is 0 Å². The molecule has 1 rings (SSSR count). The molecule has 1 atom stereocenters. The summed E-state index contributed by atoms with van der Waals surface area (Å²) >= 11 is 0. The lowest BCUT2D eigenvalue weighted by Gasteiger charge is -2.20. The Morgan fingerprint density at radius 3 is 2.88 bits per heavy atom. The highest BCUT2D eigenvalue weighted by molar-refractivity contribution is 5.52. The van der Waals surface area contributed by atoms with E-state index in [-0.39, 0.29) is 5.92 Å². The lowest BCUT2D eigenvalue weighted by molar-refractivity contribution is 0.117. The van der Waals surface area contributed by atoms with Gasteiger partial charge in [0.2, 0.25) is 0 Å². The molecule has 0 amide bonds. The molecule has 1 aromatic rings. The van der Waals surface area contributed by atoms with Crippen LogP contribution in [0, 0.1) is 5.92 Å². The minimum absolute atomic E-state index is 0.220. The van der Waals surface area contributed by atoms with E-state index >= 15 is 0 Å². The molecule has 16 heavy (non-hydrogen) atoms. The molecule has 0 aromatic carbocycles. The fraction of sp³-hybridized carbons (Fsp3) is 0.500. The second-order valence-corrected chi connectivity index (χ2v) is 3.99. The highest BCUT2D eigenvalue weighted by Crippen LogP contribution is 2.27. The molecule has 0 aliphatic carbocycles. The van der Waals surface area contributed by atoms with Gasteiger partial charge in [-0.25, -0.2) is 4.98 Å². The zero-order valence-electron chi connectivity index (χ0n) is 10.1. The number of nitrogen functional groups attached to an aromatic ring is 1. The summed E-state index contributed by atoms with van der Waals surface area (Å²) in [5, 5.41) is 3.76. The van der Waals surface area contributed by atoms with E-state index in [1.54, 1.807) is 12.4 Å². The molecule has 0 aliphatic heterocycles. The maximum absolute atomic E-state index is 5.86. The minimum Gasteiger partial charge on any atom is -0.395 e. The average Bonchev–Trinajstić information content (AvgIpc) is 2.25. The molecule has 0 bridgehead atoms. The van der Waals surface area contributed by atoms with Crippen molar-refractivity contribution in [3.8, 4) is 0 Å². The average molecular weight is 221 g/mol. The second-order valence-electron chi connectivity index (χ2n) is 3.99.